The minimum atomic E-state index is -4.00. The Morgan fingerprint density at radius 2 is 2.05 bits per heavy atom. The highest BCUT2D eigenvalue weighted by atomic mass is 32.2. The van der Waals surface area contributed by atoms with E-state index in [0.29, 0.717) is 13.2 Å². The molecule has 0 aliphatic carbocycles. The van der Waals surface area contributed by atoms with Gasteiger partial charge in [0.15, 0.2) is 0 Å². The maximum atomic E-state index is 13.5. The molecule has 1 amide bonds. The summed E-state index contributed by atoms with van der Waals surface area (Å²) in [6.07, 6.45) is 0. The lowest BCUT2D eigenvalue weighted by molar-refractivity contribution is 0.0692. The van der Waals surface area contributed by atoms with E-state index in [4.69, 9.17) is 14.6 Å². The van der Waals surface area contributed by atoms with Gasteiger partial charge in [0.1, 0.15) is 5.82 Å². The highest BCUT2D eigenvalue weighted by Crippen LogP contribution is 2.13. The molecule has 1 aromatic carbocycles. The number of hydrogen-bond donors (Lipinski definition) is 2. The van der Waals surface area contributed by atoms with E-state index in [1.165, 1.54) is 7.11 Å². The van der Waals surface area contributed by atoms with Crippen LogP contribution in [0, 0.1) is 5.82 Å². The number of methoxy groups -OCH3 is 1. The number of rotatable bonds is 8. The van der Waals surface area contributed by atoms with Crippen molar-refractivity contribution in [1.29, 1.82) is 0 Å². The van der Waals surface area contributed by atoms with Crippen LogP contribution in [0.15, 0.2) is 23.1 Å². The Morgan fingerprint density at radius 1 is 1.33 bits per heavy atom. The van der Waals surface area contributed by atoms with Gasteiger partial charge in [0.2, 0.25) is 10.0 Å². The maximum Gasteiger partial charge on any atom is 0.254 e. The van der Waals surface area contributed by atoms with Gasteiger partial charge >= 0.3 is 0 Å². The summed E-state index contributed by atoms with van der Waals surface area (Å²) in [5.41, 5.74) is -0.390. The minimum Gasteiger partial charge on any atom is -0.382 e. The van der Waals surface area contributed by atoms with Crippen molar-refractivity contribution in [2.45, 2.75) is 4.90 Å². The first-order chi connectivity index (χ1) is 9.86. The van der Waals surface area contributed by atoms with E-state index in [1.807, 2.05) is 0 Å². The second-order valence-corrected chi connectivity index (χ2v) is 5.61. The van der Waals surface area contributed by atoms with Crippen LogP contribution in [-0.2, 0) is 19.5 Å². The van der Waals surface area contributed by atoms with Crippen molar-refractivity contribution in [3.63, 3.8) is 0 Å². The number of amides is 1. The summed E-state index contributed by atoms with van der Waals surface area (Å²) in [5.74, 6) is -1.58. The molecular weight excluding hydrogens is 303 g/mol. The van der Waals surface area contributed by atoms with E-state index in [9.17, 15) is 17.6 Å². The van der Waals surface area contributed by atoms with Gasteiger partial charge in [-0.05, 0) is 18.2 Å². The van der Waals surface area contributed by atoms with E-state index in [-0.39, 0.29) is 18.0 Å². The number of sulfonamides is 1. The first kappa shape index (κ1) is 17.5. The van der Waals surface area contributed by atoms with Gasteiger partial charge < -0.3 is 14.8 Å². The van der Waals surface area contributed by atoms with Gasteiger partial charge in [-0.1, -0.05) is 0 Å². The molecule has 0 unspecified atom stereocenters. The van der Waals surface area contributed by atoms with Crippen LogP contribution in [0.2, 0.25) is 0 Å². The van der Waals surface area contributed by atoms with Crippen molar-refractivity contribution in [2.75, 3.05) is 33.5 Å². The second-order valence-electron chi connectivity index (χ2n) is 4.05. The summed E-state index contributed by atoms with van der Waals surface area (Å²) >= 11 is 0. The Labute approximate surface area is 122 Å². The highest BCUT2D eigenvalue weighted by Gasteiger charge is 2.16. The van der Waals surface area contributed by atoms with Crippen molar-refractivity contribution in [2.24, 2.45) is 5.14 Å². The predicted molar refractivity (Wildman–Crippen MR) is 72.8 cm³/mol. The van der Waals surface area contributed by atoms with Gasteiger partial charge in [0.05, 0.1) is 30.3 Å². The Bertz CT molecular complexity index is 591. The van der Waals surface area contributed by atoms with Crippen molar-refractivity contribution in [1.82, 2.24) is 5.32 Å². The van der Waals surface area contributed by atoms with E-state index >= 15 is 0 Å². The molecule has 1 aromatic rings. The zero-order chi connectivity index (χ0) is 15.9. The fourth-order valence-corrected chi connectivity index (χ4v) is 1.97. The van der Waals surface area contributed by atoms with Crippen LogP contribution in [0.3, 0.4) is 0 Å². The Balaban J connectivity index is 2.62. The van der Waals surface area contributed by atoms with E-state index in [2.05, 4.69) is 5.32 Å². The van der Waals surface area contributed by atoms with Gasteiger partial charge in [-0.15, -0.1) is 0 Å². The molecule has 0 saturated carbocycles. The zero-order valence-corrected chi connectivity index (χ0v) is 12.3. The average molecular weight is 320 g/mol. The zero-order valence-electron chi connectivity index (χ0n) is 11.5. The number of primary sulfonamides is 1. The molecule has 0 aromatic heterocycles. The minimum absolute atomic E-state index is 0.154. The van der Waals surface area contributed by atoms with Gasteiger partial charge in [0.25, 0.3) is 5.91 Å². The standard InChI is InChI=1S/C12H17FN2O5S/c1-19-6-7-20-5-4-15-12(16)10-8-9(21(14,17)18)2-3-11(10)13/h2-3,8H,4-7H2,1H3,(H,15,16)(H2,14,17,18). The molecule has 0 spiro atoms. The third-order valence-electron chi connectivity index (χ3n) is 2.47. The first-order valence-corrected chi connectivity index (χ1v) is 7.58. The van der Waals surface area contributed by atoms with E-state index < -0.39 is 27.3 Å². The molecule has 21 heavy (non-hydrogen) atoms. The van der Waals surface area contributed by atoms with E-state index in [1.54, 1.807) is 0 Å². The molecular formula is C12H17FN2O5S. The quantitative estimate of drug-likeness (QED) is 0.649. The molecule has 7 nitrogen and oxygen atoms in total. The number of ether oxygens (including phenoxy) is 2. The molecule has 0 heterocycles. The SMILES string of the molecule is COCCOCCNC(=O)c1cc(S(N)(=O)=O)ccc1F. The average Bonchev–Trinajstić information content (AvgIpc) is 2.41. The van der Waals surface area contributed by atoms with Crippen LogP contribution in [0.4, 0.5) is 4.39 Å². The molecule has 0 saturated heterocycles. The topological polar surface area (TPSA) is 108 Å². The van der Waals surface area contributed by atoms with Crippen molar-refractivity contribution in [3.8, 4) is 0 Å². The number of nitrogens with one attached hydrogen (secondary N) is 1. The molecule has 0 aliphatic heterocycles. The van der Waals surface area contributed by atoms with Crippen molar-refractivity contribution >= 4 is 15.9 Å². The summed E-state index contributed by atoms with van der Waals surface area (Å²) in [5, 5.41) is 7.35. The predicted octanol–water partition coefficient (Wildman–Crippen LogP) is -0.134. The maximum absolute atomic E-state index is 13.5. The van der Waals surface area contributed by atoms with E-state index in [0.717, 1.165) is 18.2 Å². The first-order valence-electron chi connectivity index (χ1n) is 6.03. The Morgan fingerprint density at radius 3 is 2.67 bits per heavy atom. The largest absolute Gasteiger partial charge is 0.382 e. The summed E-state index contributed by atoms with van der Waals surface area (Å²) in [7, 11) is -2.46. The highest BCUT2D eigenvalue weighted by molar-refractivity contribution is 7.89. The molecule has 0 radical (unpaired) electrons. The van der Waals surface area contributed by atoms with Crippen LogP contribution in [0.25, 0.3) is 0 Å². The molecule has 0 atom stereocenters. The summed E-state index contributed by atoms with van der Waals surface area (Å²) in [6.45, 7) is 1.19. The van der Waals surface area contributed by atoms with Crippen LogP contribution in [0.5, 0.6) is 0 Å². The summed E-state index contributed by atoms with van der Waals surface area (Å²) in [4.78, 5) is 11.4. The number of benzene rings is 1. The van der Waals surface area contributed by atoms with Crippen molar-refractivity contribution < 1.29 is 27.1 Å². The Kier molecular flexibility index (Phi) is 6.69. The molecule has 0 fully saturated rings. The monoisotopic (exact) mass is 320 g/mol. The number of hydrogen-bond acceptors (Lipinski definition) is 5. The smallest absolute Gasteiger partial charge is 0.254 e. The number of nitrogens with two attached hydrogens (primary N) is 1. The van der Waals surface area contributed by atoms with Crippen LogP contribution < -0.4 is 10.5 Å². The number of halogens is 1. The molecule has 118 valence electrons. The third kappa shape index (κ3) is 5.76. The molecule has 0 aliphatic rings. The summed E-state index contributed by atoms with van der Waals surface area (Å²) in [6, 6.07) is 2.77. The number of carbonyl (C=O) groups excluding carboxylic acids is 1. The number of carbonyl (C=O) groups is 1. The molecule has 3 N–H and O–H groups in total. The molecule has 1 rings (SSSR count). The van der Waals surface area contributed by atoms with Gasteiger partial charge in [-0.3, -0.25) is 4.79 Å². The van der Waals surface area contributed by atoms with Gasteiger partial charge in [-0.2, -0.15) is 0 Å². The normalized spacial score (nSPS) is 11.4. The Hall–Kier alpha value is -1.55. The second kappa shape index (κ2) is 8.03. The van der Waals surface area contributed by atoms with Gasteiger partial charge in [-0.25, -0.2) is 17.9 Å². The van der Waals surface area contributed by atoms with Crippen LogP contribution in [-0.4, -0.2) is 47.8 Å². The van der Waals surface area contributed by atoms with Crippen molar-refractivity contribution in [3.05, 3.63) is 29.6 Å². The van der Waals surface area contributed by atoms with Gasteiger partial charge in [0, 0.05) is 13.7 Å². The molecule has 0 bridgehead atoms. The third-order valence-corrected chi connectivity index (χ3v) is 3.39. The fourth-order valence-electron chi connectivity index (χ4n) is 1.43. The van der Waals surface area contributed by atoms with Crippen LogP contribution in [0.1, 0.15) is 10.4 Å². The van der Waals surface area contributed by atoms with Crippen LogP contribution >= 0.6 is 0 Å². The molecule has 9 heteroatoms. The lowest BCUT2D eigenvalue weighted by atomic mass is 10.2. The summed E-state index contributed by atoms with van der Waals surface area (Å²) < 4.78 is 45.8. The lowest BCUT2D eigenvalue weighted by Crippen LogP contribution is -2.28. The fraction of sp³-hybridized carbons (Fsp3) is 0.417. The lowest BCUT2D eigenvalue weighted by Gasteiger charge is -2.08.